The van der Waals surface area contributed by atoms with Crippen LogP contribution in [0.4, 0.5) is 0 Å². The van der Waals surface area contributed by atoms with E-state index in [0.717, 1.165) is 21.9 Å². The van der Waals surface area contributed by atoms with Crippen molar-refractivity contribution in [3.05, 3.63) is 88.8 Å². The fourth-order valence-corrected chi connectivity index (χ4v) is 3.95. The van der Waals surface area contributed by atoms with Gasteiger partial charge in [-0.15, -0.1) is 0 Å². The quantitative estimate of drug-likeness (QED) is 0.435. The van der Waals surface area contributed by atoms with Gasteiger partial charge in [0.1, 0.15) is 6.54 Å². The number of carbonyl (C=O) groups is 1. The second-order valence-corrected chi connectivity index (χ2v) is 7.76. The van der Waals surface area contributed by atoms with Crippen LogP contribution in [0.3, 0.4) is 0 Å². The normalized spacial score (nSPS) is 12.1. The topological polar surface area (TPSA) is 46.9 Å². The van der Waals surface area contributed by atoms with Gasteiger partial charge in [0.2, 0.25) is 5.91 Å². The van der Waals surface area contributed by atoms with E-state index in [4.69, 9.17) is 23.2 Å². The molecule has 1 N–H and O–H groups in total. The SMILES string of the molecule is CC(NC(=O)Cn1cnc(-c2ccc(Cl)cc2Cl)c1)c1cccc2ccccc12. The largest absolute Gasteiger partial charge is 0.348 e. The molecule has 0 bridgehead atoms. The number of nitrogens with one attached hydrogen (secondary N) is 1. The van der Waals surface area contributed by atoms with Crippen LogP contribution < -0.4 is 5.32 Å². The molecule has 0 aliphatic carbocycles. The zero-order valence-corrected chi connectivity index (χ0v) is 17.3. The van der Waals surface area contributed by atoms with Crippen molar-refractivity contribution in [1.82, 2.24) is 14.9 Å². The van der Waals surface area contributed by atoms with Crippen LogP contribution in [-0.2, 0) is 11.3 Å². The Morgan fingerprint density at radius 2 is 1.90 bits per heavy atom. The van der Waals surface area contributed by atoms with Gasteiger partial charge in [-0.1, -0.05) is 65.7 Å². The van der Waals surface area contributed by atoms with Crippen LogP contribution in [-0.4, -0.2) is 15.5 Å². The smallest absolute Gasteiger partial charge is 0.240 e. The second kappa shape index (κ2) is 8.27. The van der Waals surface area contributed by atoms with Gasteiger partial charge in [-0.2, -0.15) is 0 Å². The number of aromatic nitrogens is 2. The molecule has 1 atom stereocenters. The van der Waals surface area contributed by atoms with E-state index in [1.165, 1.54) is 0 Å². The number of fused-ring (bicyclic) bond motifs is 1. The van der Waals surface area contributed by atoms with Gasteiger partial charge in [-0.3, -0.25) is 4.79 Å². The zero-order chi connectivity index (χ0) is 20.4. The van der Waals surface area contributed by atoms with E-state index in [1.54, 1.807) is 29.2 Å². The molecule has 29 heavy (non-hydrogen) atoms. The van der Waals surface area contributed by atoms with Crippen molar-refractivity contribution in [3.8, 4) is 11.3 Å². The number of amides is 1. The van der Waals surface area contributed by atoms with E-state index in [1.807, 2.05) is 37.3 Å². The molecule has 1 amide bonds. The summed E-state index contributed by atoms with van der Waals surface area (Å²) in [6.45, 7) is 2.17. The van der Waals surface area contributed by atoms with Crippen molar-refractivity contribution in [3.63, 3.8) is 0 Å². The molecule has 1 unspecified atom stereocenters. The molecule has 0 spiro atoms. The minimum absolute atomic E-state index is 0.0865. The molecule has 0 fully saturated rings. The first-order valence-corrected chi connectivity index (χ1v) is 10.0. The number of halogens is 2. The first-order valence-electron chi connectivity index (χ1n) is 9.25. The van der Waals surface area contributed by atoms with Crippen molar-refractivity contribution >= 4 is 39.9 Å². The van der Waals surface area contributed by atoms with Gasteiger partial charge in [0.25, 0.3) is 0 Å². The summed E-state index contributed by atoms with van der Waals surface area (Å²) in [5, 5.41) is 6.47. The molecule has 0 aliphatic rings. The lowest BCUT2D eigenvalue weighted by atomic mass is 10.00. The van der Waals surface area contributed by atoms with Crippen LogP contribution >= 0.6 is 23.2 Å². The van der Waals surface area contributed by atoms with Crippen molar-refractivity contribution in [2.75, 3.05) is 0 Å². The lowest BCUT2D eigenvalue weighted by molar-refractivity contribution is -0.122. The molecule has 0 saturated carbocycles. The lowest BCUT2D eigenvalue weighted by Gasteiger charge is -2.17. The average molecular weight is 424 g/mol. The molecule has 6 heteroatoms. The molecular formula is C23H19Cl2N3O. The molecular weight excluding hydrogens is 405 g/mol. The number of imidazole rings is 1. The van der Waals surface area contributed by atoms with Crippen LogP contribution in [0.1, 0.15) is 18.5 Å². The van der Waals surface area contributed by atoms with Gasteiger partial charge in [0.05, 0.1) is 23.1 Å². The second-order valence-electron chi connectivity index (χ2n) is 6.91. The summed E-state index contributed by atoms with van der Waals surface area (Å²) < 4.78 is 1.74. The minimum atomic E-state index is -0.109. The van der Waals surface area contributed by atoms with Crippen LogP contribution in [0.2, 0.25) is 10.0 Å². The standard InChI is InChI=1S/C23H19Cl2N3O/c1-15(18-8-4-6-16-5-2-3-7-19(16)18)27-23(29)13-28-12-22(26-14-28)20-10-9-17(24)11-21(20)25/h2-12,14-15H,13H2,1H3,(H,27,29). The van der Waals surface area contributed by atoms with Crippen molar-refractivity contribution in [2.24, 2.45) is 0 Å². The molecule has 4 nitrogen and oxygen atoms in total. The maximum Gasteiger partial charge on any atom is 0.240 e. The number of nitrogens with zero attached hydrogens (tertiary/aromatic N) is 2. The molecule has 1 aromatic heterocycles. The monoisotopic (exact) mass is 423 g/mol. The van der Waals surface area contributed by atoms with Gasteiger partial charge in [0, 0.05) is 16.8 Å². The summed E-state index contributed by atoms with van der Waals surface area (Å²) in [4.78, 5) is 17.0. The molecule has 0 radical (unpaired) electrons. The first-order chi connectivity index (χ1) is 14.0. The summed E-state index contributed by atoms with van der Waals surface area (Å²) in [5.74, 6) is -0.0865. The Balaban J connectivity index is 1.47. The third-order valence-corrected chi connectivity index (χ3v) is 5.38. The number of carbonyl (C=O) groups excluding carboxylic acids is 1. The maximum absolute atomic E-state index is 12.6. The molecule has 4 rings (SSSR count). The Kier molecular flexibility index (Phi) is 5.56. The van der Waals surface area contributed by atoms with Gasteiger partial charge in [-0.25, -0.2) is 4.98 Å². The average Bonchev–Trinajstić information content (AvgIpc) is 3.15. The van der Waals surface area contributed by atoms with Crippen molar-refractivity contribution in [2.45, 2.75) is 19.5 Å². The van der Waals surface area contributed by atoms with Crippen LogP contribution in [0, 0.1) is 0 Å². The van der Waals surface area contributed by atoms with E-state index in [9.17, 15) is 4.79 Å². The first kappa shape index (κ1) is 19.5. The Hall–Kier alpha value is -2.82. The molecule has 4 aromatic rings. The van der Waals surface area contributed by atoms with Gasteiger partial charge in [-0.05, 0) is 41.5 Å². The summed E-state index contributed by atoms with van der Waals surface area (Å²) in [5.41, 5.74) is 2.57. The van der Waals surface area contributed by atoms with Gasteiger partial charge < -0.3 is 9.88 Å². The van der Waals surface area contributed by atoms with E-state index < -0.39 is 0 Å². The number of hydrogen-bond acceptors (Lipinski definition) is 2. The fraction of sp³-hybridized carbons (Fsp3) is 0.130. The molecule has 146 valence electrons. The molecule has 3 aromatic carbocycles. The third-order valence-electron chi connectivity index (χ3n) is 4.83. The minimum Gasteiger partial charge on any atom is -0.348 e. The number of hydrogen-bond donors (Lipinski definition) is 1. The van der Waals surface area contributed by atoms with Gasteiger partial charge in [0.15, 0.2) is 0 Å². The Labute approximate surface area is 179 Å². The van der Waals surface area contributed by atoms with Crippen molar-refractivity contribution in [1.29, 1.82) is 0 Å². The Morgan fingerprint density at radius 3 is 2.72 bits per heavy atom. The predicted molar refractivity (Wildman–Crippen MR) is 118 cm³/mol. The van der Waals surface area contributed by atoms with Crippen molar-refractivity contribution < 1.29 is 4.79 Å². The van der Waals surface area contributed by atoms with E-state index >= 15 is 0 Å². The Bertz CT molecular complexity index is 1180. The highest BCUT2D eigenvalue weighted by atomic mass is 35.5. The maximum atomic E-state index is 12.6. The summed E-state index contributed by atoms with van der Waals surface area (Å²) in [6, 6.07) is 19.5. The molecule has 0 saturated heterocycles. The van der Waals surface area contributed by atoms with Crippen LogP contribution in [0.15, 0.2) is 73.2 Å². The highest BCUT2D eigenvalue weighted by Crippen LogP contribution is 2.29. The third kappa shape index (κ3) is 4.29. The van der Waals surface area contributed by atoms with E-state index in [2.05, 4.69) is 28.5 Å². The Morgan fingerprint density at radius 1 is 1.10 bits per heavy atom. The van der Waals surface area contributed by atoms with E-state index in [0.29, 0.717) is 15.7 Å². The molecule has 1 heterocycles. The zero-order valence-electron chi connectivity index (χ0n) is 15.8. The fourth-order valence-electron chi connectivity index (χ4n) is 3.44. The van der Waals surface area contributed by atoms with Crippen LogP contribution in [0.25, 0.3) is 22.0 Å². The summed E-state index contributed by atoms with van der Waals surface area (Å²) in [7, 11) is 0. The van der Waals surface area contributed by atoms with Crippen LogP contribution in [0.5, 0.6) is 0 Å². The summed E-state index contributed by atoms with van der Waals surface area (Å²) >= 11 is 12.2. The highest BCUT2D eigenvalue weighted by Gasteiger charge is 2.14. The lowest BCUT2D eigenvalue weighted by Crippen LogP contribution is -2.29. The van der Waals surface area contributed by atoms with Gasteiger partial charge >= 0.3 is 0 Å². The highest BCUT2D eigenvalue weighted by molar-refractivity contribution is 6.36. The predicted octanol–water partition coefficient (Wildman–Crippen LogP) is 5.89. The molecule has 0 aliphatic heterocycles. The summed E-state index contributed by atoms with van der Waals surface area (Å²) in [6.07, 6.45) is 3.43. The number of rotatable bonds is 5. The number of benzene rings is 3. The van der Waals surface area contributed by atoms with E-state index in [-0.39, 0.29) is 18.5 Å².